The molecule has 6 nitrogen and oxygen atoms in total. The first-order valence-electron chi connectivity index (χ1n) is 10.6. The van der Waals surface area contributed by atoms with Crippen molar-refractivity contribution in [1.29, 1.82) is 0 Å². The molecule has 4 aliphatic rings. The molecule has 0 saturated heterocycles. The van der Waals surface area contributed by atoms with Crippen molar-refractivity contribution in [1.82, 2.24) is 0 Å². The number of esters is 1. The van der Waals surface area contributed by atoms with Crippen molar-refractivity contribution in [2.24, 2.45) is 23.2 Å². The number of carbonyl (C=O) groups excluding carboxylic acids is 3. The van der Waals surface area contributed by atoms with E-state index in [1.807, 2.05) is 0 Å². The zero-order chi connectivity index (χ0) is 20.1. The Morgan fingerprint density at radius 2 is 1.86 bits per heavy atom. The largest absolute Gasteiger partial charge is 0.458 e. The van der Waals surface area contributed by atoms with Crippen LogP contribution in [0.4, 0.5) is 0 Å². The fourth-order valence-electron chi connectivity index (χ4n) is 6.55. The number of carbonyl (C=O) groups is 3. The third kappa shape index (κ3) is 3.05. The highest BCUT2D eigenvalue weighted by Gasteiger charge is 2.64. The normalized spacial score (nSPS) is 44.5. The number of fused-ring (bicyclic) bond motifs is 3. The topological polar surface area (TPSA) is 101 Å². The molecule has 4 rings (SSSR count). The van der Waals surface area contributed by atoms with E-state index >= 15 is 0 Å². The van der Waals surface area contributed by atoms with E-state index in [-0.39, 0.29) is 48.1 Å². The van der Waals surface area contributed by atoms with Gasteiger partial charge in [0.05, 0.1) is 11.7 Å². The number of hydrogen-bond donors (Lipinski definition) is 2. The summed E-state index contributed by atoms with van der Waals surface area (Å²) in [6.45, 7) is 2.37. The van der Waals surface area contributed by atoms with Gasteiger partial charge in [-0.1, -0.05) is 6.92 Å². The van der Waals surface area contributed by atoms with Crippen LogP contribution in [0.25, 0.3) is 0 Å². The molecule has 1 aliphatic heterocycles. The van der Waals surface area contributed by atoms with Crippen molar-refractivity contribution in [2.75, 3.05) is 6.61 Å². The van der Waals surface area contributed by atoms with E-state index in [1.54, 1.807) is 6.08 Å². The van der Waals surface area contributed by atoms with Gasteiger partial charge in [-0.15, -0.1) is 0 Å². The maximum Gasteiger partial charge on any atom is 0.331 e. The van der Waals surface area contributed by atoms with Gasteiger partial charge in [0.2, 0.25) is 0 Å². The average molecular weight is 390 g/mol. The Morgan fingerprint density at radius 3 is 2.57 bits per heavy atom. The Morgan fingerprint density at radius 1 is 1.07 bits per heavy atom. The van der Waals surface area contributed by atoms with Crippen molar-refractivity contribution in [3.8, 4) is 0 Å². The van der Waals surface area contributed by atoms with Gasteiger partial charge in [0.1, 0.15) is 18.2 Å². The SMILES string of the molecule is C[C@]12CC[C@@H]3C(=O)CC[C@H](O)CC(=O)CC[C@H]3[C@]1(O)CC[C@@H]2C1=CC(=O)OC1. The maximum atomic E-state index is 12.9. The Kier molecular flexibility index (Phi) is 4.99. The molecule has 1 heterocycles. The van der Waals surface area contributed by atoms with E-state index < -0.39 is 17.1 Å². The van der Waals surface area contributed by atoms with E-state index in [0.717, 1.165) is 12.0 Å². The lowest BCUT2D eigenvalue weighted by Gasteiger charge is -2.54. The van der Waals surface area contributed by atoms with Crippen LogP contribution in [0.1, 0.15) is 64.7 Å². The highest BCUT2D eigenvalue weighted by atomic mass is 16.5. The van der Waals surface area contributed by atoms with Gasteiger partial charge in [0.25, 0.3) is 0 Å². The van der Waals surface area contributed by atoms with E-state index in [9.17, 15) is 24.6 Å². The van der Waals surface area contributed by atoms with Crippen LogP contribution in [-0.4, -0.2) is 46.1 Å². The van der Waals surface area contributed by atoms with Gasteiger partial charge >= 0.3 is 5.97 Å². The number of aliphatic hydroxyl groups is 2. The zero-order valence-electron chi connectivity index (χ0n) is 16.5. The molecule has 0 amide bonds. The van der Waals surface area contributed by atoms with Gasteiger partial charge in [-0.25, -0.2) is 4.79 Å². The smallest absolute Gasteiger partial charge is 0.331 e. The first-order valence-corrected chi connectivity index (χ1v) is 10.6. The van der Waals surface area contributed by atoms with E-state index in [2.05, 4.69) is 6.92 Å². The standard InChI is InChI=1S/C22H30O6/c1-21-8-6-16-18(4-2-14(23)11-15(24)3-5-19(16)25)22(21,27)9-7-17(21)13-10-20(26)28-12-13/h10,15-18,24,27H,2-9,11-12H2,1H3/t15-,16-,17+,18+,21+,22+/m0/s1. The van der Waals surface area contributed by atoms with Crippen LogP contribution in [0.3, 0.4) is 0 Å². The Labute approximate surface area is 165 Å². The van der Waals surface area contributed by atoms with Gasteiger partial charge in [0.15, 0.2) is 0 Å². The number of ether oxygens (including phenoxy) is 1. The summed E-state index contributed by atoms with van der Waals surface area (Å²) >= 11 is 0. The first kappa shape index (κ1) is 19.8. The number of Topliss-reactive ketones (excluding diaryl/α,β-unsaturated/α-hetero) is 2. The fourth-order valence-corrected chi connectivity index (χ4v) is 6.55. The molecule has 2 N–H and O–H groups in total. The molecular weight excluding hydrogens is 360 g/mol. The van der Waals surface area contributed by atoms with Gasteiger partial charge in [-0.05, 0) is 55.9 Å². The van der Waals surface area contributed by atoms with Crippen LogP contribution < -0.4 is 0 Å². The first-order chi connectivity index (χ1) is 13.2. The van der Waals surface area contributed by atoms with Crippen LogP contribution in [0.2, 0.25) is 0 Å². The molecule has 3 fully saturated rings. The highest BCUT2D eigenvalue weighted by Crippen LogP contribution is 2.64. The second kappa shape index (κ2) is 7.06. The molecule has 0 radical (unpaired) electrons. The lowest BCUT2D eigenvalue weighted by atomic mass is 9.52. The monoisotopic (exact) mass is 390 g/mol. The second-order valence-corrected chi connectivity index (χ2v) is 9.45. The molecule has 0 aromatic carbocycles. The van der Waals surface area contributed by atoms with Gasteiger partial charge < -0.3 is 14.9 Å². The molecule has 154 valence electrons. The minimum Gasteiger partial charge on any atom is -0.458 e. The predicted molar refractivity (Wildman–Crippen MR) is 100 cm³/mol. The van der Waals surface area contributed by atoms with E-state index in [0.29, 0.717) is 45.1 Å². The molecule has 0 spiro atoms. The van der Waals surface area contributed by atoms with Crippen LogP contribution in [0.5, 0.6) is 0 Å². The Bertz CT molecular complexity index is 727. The molecule has 3 aliphatic carbocycles. The maximum absolute atomic E-state index is 12.9. The second-order valence-electron chi connectivity index (χ2n) is 9.45. The van der Waals surface area contributed by atoms with Crippen molar-refractivity contribution < 1.29 is 29.3 Å². The lowest BCUT2D eigenvalue weighted by molar-refractivity contribution is -0.168. The third-order valence-electron chi connectivity index (χ3n) is 8.11. The summed E-state index contributed by atoms with van der Waals surface area (Å²) in [5.41, 5.74) is -0.505. The Hall–Kier alpha value is -1.53. The Balaban J connectivity index is 1.65. The third-order valence-corrected chi connectivity index (χ3v) is 8.11. The van der Waals surface area contributed by atoms with Crippen LogP contribution in [0.15, 0.2) is 11.6 Å². The number of cyclic esters (lactones) is 1. The number of ketones is 2. The van der Waals surface area contributed by atoms with Gasteiger partial charge in [0, 0.05) is 36.7 Å². The molecule has 3 saturated carbocycles. The number of aliphatic hydroxyl groups excluding tert-OH is 1. The van der Waals surface area contributed by atoms with E-state index in [4.69, 9.17) is 4.74 Å². The minimum atomic E-state index is -1.03. The summed E-state index contributed by atoms with van der Waals surface area (Å²) in [6.07, 6.45) is 5.00. The van der Waals surface area contributed by atoms with Crippen molar-refractivity contribution in [2.45, 2.75) is 76.4 Å². The summed E-state index contributed by atoms with van der Waals surface area (Å²) in [7, 11) is 0. The van der Waals surface area contributed by atoms with Crippen molar-refractivity contribution in [3.05, 3.63) is 11.6 Å². The van der Waals surface area contributed by atoms with E-state index in [1.165, 1.54) is 0 Å². The van der Waals surface area contributed by atoms with Crippen LogP contribution in [-0.2, 0) is 19.1 Å². The van der Waals surface area contributed by atoms with Gasteiger partial charge in [-0.3, -0.25) is 9.59 Å². The average Bonchev–Trinajstić information content (AvgIpc) is 3.17. The number of hydrogen-bond acceptors (Lipinski definition) is 6. The highest BCUT2D eigenvalue weighted by molar-refractivity contribution is 5.85. The molecule has 6 atom stereocenters. The molecule has 0 aromatic rings. The molecule has 28 heavy (non-hydrogen) atoms. The van der Waals surface area contributed by atoms with Crippen molar-refractivity contribution >= 4 is 17.5 Å². The molecule has 0 unspecified atom stereocenters. The molecule has 0 bridgehead atoms. The van der Waals surface area contributed by atoms with Crippen LogP contribution in [0, 0.1) is 23.2 Å². The number of rotatable bonds is 1. The zero-order valence-corrected chi connectivity index (χ0v) is 16.5. The molecular formula is C22H30O6. The summed E-state index contributed by atoms with van der Waals surface area (Å²) in [5, 5.41) is 21.9. The molecule has 6 heteroatoms. The lowest BCUT2D eigenvalue weighted by Crippen LogP contribution is -2.58. The molecule has 0 aromatic heterocycles. The quantitative estimate of drug-likeness (QED) is 0.665. The summed E-state index contributed by atoms with van der Waals surface area (Å²) < 4.78 is 5.11. The summed E-state index contributed by atoms with van der Waals surface area (Å²) in [6, 6.07) is 0. The van der Waals surface area contributed by atoms with Crippen molar-refractivity contribution in [3.63, 3.8) is 0 Å². The van der Waals surface area contributed by atoms with Crippen LogP contribution >= 0.6 is 0 Å². The summed E-state index contributed by atoms with van der Waals surface area (Å²) in [5.74, 6) is -0.653. The summed E-state index contributed by atoms with van der Waals surface area (Å²) in [4.78, 5) is 36.8. The van der Waals surface area contributed by atoms with Gasteiger partial charge in [-0.2, -0.15) is 0 Å². The fraction of sp³-hybridized carbons (Fsp3) is 0.773. The minimum absolute atomic E-state index is 0.00326. The predicted octanol–water partition coefficient (Wildman–Crippen LogP) is 2.11.